The lowest BCUT2D eigenvalue weighted by atomic mass is 10.2. The van der Waals surface area contributed by atoms with Crippen molar-refractivity contribution in [2.24, 2.45) is 5.73 Å². The third-order valence-electron chi connectivity index (χ3n) is 3.38. The van der Waals surface area contributed by atoms with Gasteiger partial charge in [0.2, 0.25) is 0 Å². The lowest BCUT2D eigenvalue weighted by Gasteiger charge is -2.37. The highest BCUT2D eigenvalue weighted by atomic mass is 16.5. The standard InChI is InChI=1S/C14H21N3O3/c1-10-9-20-11(7-15)8-17(10)14(18)16-12-5-3-4-6-13(12)19-2/h3-6,10-11H,7-9,15H2,1-2H3,(H,16,18). The number of ether oxygens (including phenoxy) is 2. The second-order valence-corrected chi connectivity index (χ2v) is 4.82. The Bertz CT molecular complexity index is 467. The van der Waals surface area contributed by atoms with Crippen LogP contribution in [0.2, 0.25) is 0 Å². The molecule has 0 aliphatic carbocycles. The highest BCUT2D eigenvalue weighted by molar-refractivity contribution is 5.91. The lowest BCUT2D eigenvalue weighted by Crippen LogP contribution is -2.54. The van der Waals surface area contributed by atoms with Gasteiger partial charge >= 0.3 is 6.03 Å². The average molecular weight is 279 g/mol. The summed E-state index contributed by atoms with van der Waals surface area (Å²) in [7, 11) is 1.58. The summed E-state index contributed by atoms with van der Waals surface area (Å²) < 4.78 is 10.8. The van der Waals surface area contributed by atoms with E-state index in [0.717, 1.165) is 0 Å². The molecule has 110 valence electrons. The van der Waals surface area contributed by atoms with E-state index in [4.69, 9.17) is 15.2 Å². The van der Waals surface area contributed by atoms with Crippen LogP contribution >= 0.6 is 0 Å². The highest BCUT2D eigenvalue weighted by Crippen LogP contribution is 2.24. The van der Waals surface area contributed by atoms with Crippen molar-refractivity contribution in [3.63, 3.8) is 0 Å². The summed E-state index contributed by atoms with van der Waals surface area (Å²) in [6.07, 6.45) is -0.102. The fourth-order valence-corrected chi connectivity index (χ4v) is 2.18. The molecule has 2 unspecified atom stereocenters. The van der Waals surface area contributed by atoms with Gasteiger partial charge in [0.25, 0.3) is 0 Å². The molecule has 2 atom stereocenters. The molecule has 0 bridgehead atoms. The Hall–Kier alpha value is -1.79. The minimum absolute atomic E-state index is 0.0208. The van der Waals surface area contributed by atoms with Crippen LogP contribution in [0.3, 0.4) is 0 Å². The number of nitrogens with two attached hydrogens (primary N) is 1. The molecule has 6 nitrogen and oxygen atoms in total. The zero-order valence-electron chi connectivity index (χ0n) is 11.8. The van der Waals surface area contributed by atoms with Crippen molar-refractivity contribution in [1.82, 2.24) is 4.90 Å². The van der Waals surface area contributed by atoms with Crippen molar-refractivity contribution >= 4 is 11.7 Å². The van der Waals surface area contributed by atoms with Crippen LogP contribution in [-0.2, 0) is 4.74 Å². The summed E-state index contributed by atoms with van der Waals surface area (Å²) in [5.41, 5.74) is 6.26. The van der Waals surface area contributed by atoms with E-state index in [0.29, 0.717) is 31.1 Å². The van der Waals surface area contributed by atoms with Crippen molar-refractivity contribution in [3.8, 4) is 5.75 Å². The SMILES string of the molecule is COc1ccccc1NC(=O)N1CC(CN)OCC1C. The number of hydrogen-bond acceptors (Lipinski definition) is 4. The van der Waals surface area contributed by atoms with Gasteiger partial charge in [-0.1, -0.05) is 12.1 Å². The van der Waals surface area contributed by atoms with Gasteiger partial charge in [-0.25, -0.2) is 4.79 Å². The number of rotatable bonds is 3. The van der Waals surface area contributed by atoms with Crippen molar-refractivity contribution < 1.29 is 14.3 Å². The molecule has 6 heteroatoms. The first-order valence-corrected chi connectivity index (χ1v) is 6.68. The molecule has 1 saturated heterocycles. The minimum Gasteiger partial charge on any atom is -0.495 e. The second kappa shape index (κ2) is 6.58. The topological polar surface area (TPSA) is 76.8 Å². The maximum absolute atomic E-state index is 12.4. The average Bonchev–Trinajstić information content (AvgIpc) is 2.48. The van der Waals surface area contributed by atoms with E-state index in [2.05, 4.69) is 5.32 Å². The second-order valence-electron chi connectivity index (χ2n) is 4.82. The number of benzene rings is 1. The van der Waals surface area contributed by atoms with Gasteiger partial charge in [-0.05, 0) is 19.1 Å². The molecule has 1 aromatic carbocycles. The number of hydrogen-bond donors (Lipinski definition) is 2. The Labute approximate surface area is 118 Å². The van der Waals surface area contributed by atoms with Gasteiger partial charge < -0.3 is 25.4 Å². The van der Waals surface area contributed by atoms with Gasteiger partial charge in [-0.2, -0.15) is 0 Å². The van der Waals surface area contributed by atoms with E-state index in [1.54, 1.807) is 18.1 Å². The summed E-state index contributed by atoms with van der Waals surface area (Å²) in [5, 5.41) is 2.87. The van der Waals surface area contributed by atoms with Crippen LogP contribution in [0.5, 0.6) is 5.75 Å². The number of nitrogens with zero attached hydrogens (tertiary/aromatic N) is 1. The Morgan fingerprint density at radius 3 is 3.00 bits per heavy atom. The Balaban J connectivity index is 2.06. The first-order chi connectivity index (χ1) is 9.65. The number of para-hydroxylation sites is 2. The van der Waals surface area contributed by atoms with Gasteiger partial charge in [0.1, 0.15) is 5.75 Å². The van der Waals surface area contributed by atoms with E-state index >= 15 is 0 Å². The van der Waals surface area contributed by atoms with Crippen molar-refractivity contribution in [2.45, 2.75) is 19.1 Å². The van der Waals surface area contributed by atoms with Crippen molar-refractivity contribution in [2.75, 3.05) is 32.1 Å². The van der Waals surface area contributed by atoms with Crippen LogP contribution in [0.15, 0.2) is 24.3 Å². The lowest BCUT2D eigenvalue weighted by molar-refractivity contribution is -0.0341. The molecule has 0 aromatic heterocycles. The molecular formula is C14H21N3O3. The summed E-state index contributed by atoms with van der Waals surface area (Å²) in [6.45, 7) is 3.36. The molecule has 1 aromatic rings. The molecule has 1 fully saturated rings. The summed E-state index contributed by atoms with van der Waals surface area (Å²) in [6, 6.07) is 7.18. The van der Waals surface area contributed by atoms with Crippen LogP contribution in [0.1, 0.15) is 6.92 Å². The Morgan fingerprint density at radius 1 is 1.55 bits per heavy atom. The van der Waals surface area contributed by atoms with Crippen LogP contribution in [0.4, 0.5) is 10.5 Å². The number of urea groups is 1. The third-order valence-corrected chi connectivity index (χ3v) is 3.38. The zero-order valence-corrected chi connectivity index (χ0v) is 11.8. The Kier molecular flexibility index (Phi) is 4.81. The number of carbonyl (C=O) groups excluding carboxylic acids is 1. The fourth-order valence-electron chi connectivity index (χ4n) is 2.18. The molecule has 0 spiro atoms. The molecule has 1 aliphatic heterocycles. The third kappa shape index (κ3) is 3.20. The number of morpholine rings is 1. The number of methoxy groups -OCH3 is 1. The van der Waals surface area contributed by atoms with Gasteiger partial charge in [0, 0.05) is 6.54 Å². The first-order valence-electron chi connectivity index (χ1n) is 6.68. The summed E-state index contributed by atoms with van der Waals surface area (Å²) in [4.78, 5) is 14.1. The molecule has 3 N–H and O–H groups in total. The molecule has 2 amide bonds. The highest BCUT2D eigenvalue weighted by Gasteiger charge is 2.29. The monoisotopic (exact) mass is 279 g/mol. The molecule has 0 saturated carbocycles. The van der Waals surface area contributed by atoms with E-state index in [1.165, 1.54) is 0 Å². The van der Waals surface area contributed by atoms with Gasteiger partial charge in [-0.15, -0.1) is 0 Å². The minimum atomic E-state index is -0.163. The van der Waals surface area contributed by atoms with Gasteiger partial charge in [-0.3, -0.25) is 0 Å². The van der Waals surface area contributed by atoms with E-state index in [9.17, 15) is 4.79 Å². The van der Waals surface area contributed by atoms with E-state index in [1.807, 2.05) is 25.1 Å². The van der Waals surface area contributed by atoms with Gasteiger partial charge in [0.15, 0.2) is 0 Å². The molecule has 0 radical (unpaired) electrons. The van der Waals surface area contributed by atoms with Crippen molar-refractivity contribution in [1.29, 1.82) is 0 Å². The normalized spacial score (nSPS) is 22.4. The molecule has 20 heavy (non-hydrogen) atoms. The number of amides is 2. The number of anilines is 1. The maximum atomic E-state index is 12.4. The molecular weight excluding hydrogens is 258 g/mol. The number of carbonyl (C=O) groups is 1. The predicted molar refractivity (Wildman–Crippen MR) is 77.0 cm³/mol. The van der Waals surface area contributed by atoms with E-state index < -0.39 is 0 Å². The van der Waals surface area contributed by atoms with Crippen LogP contribution < -0.4 is 15.8 Å². The first kappa shape index (κ1) is 14.6. The van der Waals surface area contributed by atoms with Crippen molar-refractivity contribution in [3.05, 3.63) is 24.3 Å². The summed E-state index contributed by atoms with van der Waals surface area (Å²) >= 11 is 0. The molecule has 2 rings (SSSR count). The predicted octanol–water partition coefficient (Wildman–Crippen LogP) is 1.28. The maximum Gasteiger partial charge on any atom is 0.322 e. The van der Waals surface area contributed by atoms with E-state index in [-0.39, 0.29) is 18.2 Å². The zero-order chi connectivity index (χ0) is 14.5. The molecule has 1 heterocycles. The van der Waals surface area contributed by atoms with Gasteiger partial charge in [0.05, 0.1) is 38.1 Å². The summed E-state index contributed by atoms with van der Waals surface area (Å²) in [5.74, 6) is 0.636. The van der Waals surface area contributed by atoms with Crippen LogP contribution in [0, 0.1) is 0 Å². The largest absolute Gasteiger partial charge is 0.495 e. The van der Waals surface area contributed by atoms with Crippen LogP contribution in [0.25, 0.3) is 0 Å². The smallest absolute Gasteiger partial charge is 0.322 e. The number of nitrogens with one attached hydrogen (secondary N) is 1. The molecule has 1 aliphatic rings. The van der Waals surface area contributed by atoms with Crippen LogP contribution in [-0.4, -0.2) is 49.9 Å². The Morgan fingerprint density at radius 2 is 2.30 bits per heavy atom. The fraction of sp³-hybridized carbons (Fsp3) is 0.500. The quantitative estimate of drug-likeness (QED) is 0.873.